The van der Waals surface area contributed by atoms with Gasteiger partial charge in [0.25, 0.3) is 0 Å². The topological polar surface area (TPSA) is 92.8 Å². The second kappa shape index (κ2) is 9.14. The Kier molecular flexibility index (Phi) is 7.16. The molecule has 1 saturated heterocycles. The van der Waals surface area contributed by atoms with Crippen LogP contribution in [0.1, 0.15) is 43.0 Å². The summed E-state index contributed by atoms with van der Waals surface area (Å²) < 4.78 is 31.9. The van der Waals surface area contributed by atoms with Crippen molar-refractivity contribution in [2.24, 2.45) is 5.92 Å². The molecular weight excluding hydrogens is 356 g/mol. The predicted octanol–water partition coefficient (Wildman–Crippen LogP) is 1.79. The molecule has 144 valence electrons. The van der Waals surface area contributed by atoms with Crippen LogP contribution in [0.4, 0.5) is 0 Å². The summed E-state index contributed by atoms with van der Waals surface area (Å²) in [7, 11) is -2.60. The normalized spacial score (nSPS) is 16.2. The fourth-order valence-electron chi connectivity index (χ4n) is 3.00. The van der Waals surface area contributed by atoms with E-state index in [4.69, 9.17) is 0 Å². The Labute approximate surface area is 154 Å². The van der Waals surface area contributed by atoms with Gasteiger partial charge in [-0.2, -0.15) is 4.31 Å². The van der Waals surface area contributed by atoms with Gasteiger partial charge in [0.2, 0.25) is 15.9 Å². The van der Waals surface area contributed by atoms with Crippen LogP contribution >= 0.6 is 0 Å². The lowest BCUT2D eigenvalue weighted by Crippen LogP contribution is -2.43. The van der Waals surface area contributed by atoms with Gasteiger partial charge in [0, 0.05) is 25.6 Å². The molecule has 0 unspecified atom stereocenters. The Hall–Kier alpha value is -1.93. The number of sulfonamides is 1. The van der Waals surface area contributed by atoms with Crippen LogP contribution in [0.2, 0.25) is 0 Å². The maximum atomic E-state index is 12.9. The number of ether oxygens (including phenoxy) is 1. The van der Waals surface area contributed by atoms with Crippen LogP contribution in [0, 0.1) is 5.92 Å². The first-order valence-electron chi connectivity index (χ1n) is 8.87. The van der Waals surface area contributed by atoms with Crippen molar-refractivity contribution in [1.29, 1.82) is 0 Å². The lowest BCUT2D eigenvalue weighted by Gasteiger charge is -2.31. The number of methoxy groups -OCH3 is 1. The number of carbonyl (C=O) groups is 2. The summed E-state index contributed by atoms with van der Waals surface area (Å²) >= 11 is 0. The second-order valence-corrected chi connectivity index (χ2v) is 8.22. The van der Waals surface area contributed by atoms with Crippen molar-refractivity contribution in [2.45, 2.75) is 37.5 Å². The van der Waals surface area contributed by atoms with E-state index >= 15 is 0 Å². The summed E-state index contributed by atoms with van der Waals surface area (Å²) in [6.07, 6.45) is 2.88. The molecule has 0 saturated carbocycles. The Morgan fingerprint density at radius 1 is 1.23 bits per heavy atom. The Balaban J connectivity index is 2.07. The van der Waals surface area contributed by atoms with Crippen molar-refractivity contribution < 1.29 is 22.7 Å². The molecule has 1 fully saturated rings. The van der Waals surface area contributed by atoms with Crippen molar-refractivity contribution in [3.05, 3.63) is 29.8 Å². The first-order chi connectivity index (χ1) is 12.4. The summed E-state index contributed by atoms with van der Waals surface area (Å²) in [5.41, 5.74) is 0.0226. The summed E-state index contributed by atoms with van der Waals surface area (Å²) in [5.74, 6) is -0.867. The van der Waals surface area contributed by atoms with E-state index in [2.05, 4.69) is 17.0 Å². The van der Waals surface area contributed by atoms with E-state index in [1.54, 1.807) is 12.1 Å². The highest BCUT2D eigenvalue weighted by molar-refractivity contribution is 7.89. The lowest BCUT2D eigenvalue weighted by atomic mass is 9.97. The van der Waals surface area contributed by atoms with Crippen LogP contribution in [-0.2, 0) is 19.6 Å². The van der Waals surface area contributed by atoms with Crippen LogP contribution in [0.5, 0.6) is 0 Å². The first-order valence-corrected chi connectivity index (χ1v) is 10.3. The van der Waals surface area contributed by atoms with Gasteiger partial charge in [-0.3, -0.25) is 4.79 Å². The van der Waals surface area contributed by atoms with Crippen molar-refractivity contribution >= 4 is 21.9 Å². The Morgan fingerprint density at radius 2 is 1.88 bits per heavy atom. The number of hydrogen-bond acceptors (Lipinski definition) is 5. The minimum atomic E-state index is -3.82. The first kappa shape index (κ1) is 20.4. The average molecular weight is 382 g/mol. The van der Waals surface area contributed by atoms with Gasteiger partial charge in [-0.25, -0.2) is 13.2 Å². The Morgan fingerprint density at radius 3 is 2.50 bits per heavy atom. The molecule has 1 aliphatic rings. The molecule has 1 aromatic carbocycles. The third-order valence-corrected chi connectivity index (χ3v) is 6.52. The van der Waals surface area contributed by atoms with Gasteiger partial charge in [0.1, 0.15) is 0 Å². The monoisotopic (exact) mass is 382 g/mol. The van der Waals surface area contributed by atoms with Crippen molar-refractivity contribution in [3.8, 4) is 0 Å². The van der Waals surface area contributed by atoms with Gasteiger partial charge >= 0.3 is 5.97 Å². The summed E-state index contributed by atoms with van der Waals surface area (Å²) in [6.45, 7) is 3.22. The number of benzene rings is 1. The predicted molar refractivity (Wildman–Crippen MR) is 97.2 cm³/mol. The number of esters is 1. The number of nitrogens with one attached hydrogen (secondary N) is 1. The van der Waals surface area contributed by atoms with Crippen molar-refractivity contribution in [3.63, 3.8) is 0 Å². The molecule has 7 nitrogen and oxygen atoms in total. The molecule has 1 heterocycles. The van der Waals surface area contributed by atoms with E-state index in [0.717, 1.165) is 12.8 Å². The number of amides is 1. The van der Waals surface area contributed by atoms with E-state index < -0.39 is 16.0 Å². The zero-order valence-electron chi connectivity index (χ0n) is 15.2. The third-order valence-electron chi connectivity index (χ3n) is 4.56. The molecule has 1 aliphatic heterocycles. The number of nitrogens with zero attached hydrogens (tertiary/aromatic N) is 1. The minimum Gasteiger partial charge on any atom is -0.465 e. The number of rotatable bonds is 7. The Bertz CT molecular complexity index is 740. The van der Waals surface area contributed by atoms with Crippen molar-refractivity contribution in [2.75, 3.05) is 26.7 Å². The van der Waals surface area contributed by atoms with Gasteiger partial charge in [-0.1, -0.05) is 25.5 Å². The van der Waals surface area contributed by atoms with E-state index in [0.29, 0.717) is 19.4 Å². The quantitative estimate of drug-likeness (QED) is 0.573. The van der Waals surface area contributed by atoms with Crippen LogP contribution in [-0.4, -0.2) is 51.3 Å². The molecule has 2 rings (SSSR count). The molecule has 1 N–H and O–H groups in total. The highest BCUT2D eigenvalue weighted by Crippen LogP contribution is 2.26. The molecule has 0 radical (unpaired) electrons. The fourth-order valence-corrected chi connectivity index (χ4v) is 4.65. The number of piperidine rings is 1. The maximum Gasteiger partial charge on any atom is 0.339 e. The number of hydrogen-bond donors (Lipinski definition) is 1. The molecule has 0 bridgehead atoms. The third kappa shape index (κ3) is 4.62. The molecular formula is C18H26N2O5S. The fraction of sp³-hybridized carbons (Fsp3) is 0.556. The molecule has 8 heteroatoms. The van der Waals surface area contributed by atoms with Gasteiger partial charge in [0.15, 0.2) is 0 Å². The molecule has 0 aromatic heterocycles. The molecule has 26 heavy (non-hydrogen) atoms. The van der Waals surface area contributed by atoms with Gasteiger partial charge in [0.05, 0.1) is 17.6 Å². The molecule has 0 atom stereocenters. The smallest absolute Gasteiger partial charge is 0.339 e. The summed E-state index contributed by atoms with van der Waals surface area (Å²) in [5, 5.41) is 2.90. The van der Waals surface area contributed by atoms with Crippen LogP contribution < -0.4 is 5.32 Å². The summed E-state index contributed by atoms with van der Waals surface area (Å²) in [4.78, 5) is 24.0. The van der Waals surface area contributed by atoms with Crippen molar-refractivity contribution in [1.82, 2.24) is 9.62 Å². The highest BCUT2D eigenvalue weighted by atomic mass is 32.2. The standard InChI is InChI=1S/C18H26N2O5S/c1-3-4-11-19-17(21)14-9-12-20(13-10-14)26(23,24)16-8-6-5-7-15(16)18(22)25-2/h5-8,14H,3-4,9-13H2,1-2H3,(H,19,21). The SMILES string of the molecule is CCCCNC(=O)C1CCN(S(=O)(=O)c2ccccc2C(=O)OC)CC1. The van der Waals surface area contributed by atoms with Gasteiger partial charge < -0.3 is 10.1 Å². The van der Waals surface area contributed by atoms with Crippen LogP contribution in [0.15, 0.2) is 29.2 Å². The highest BCUT2D eigenvalue weighted by Gasteiger charge is 2.34. The van der Waals surface area contributed by atoms with Gasteiger partial charge in [-0.15, -0.1) is 0 Å². The van der Waals surface area contributed by atoms with E-state index in [1.165, 1.54) is 23.5 Å². The molecule has 0 aliphatic carbocycles. The van der Waals surface area contributed by atoms with E-state index in [9.17, 15) is 18.0 Å². The van der Waals surface area contributed by atoms with E-state index in [-0.39, 0.29) is 35.4 Å². The second-order valence-electron chi connectivity index (χ2n) is 6.31. The van der Waals surface area contributed by atoms with Crippen LogP contribution in [0.25, 0.3) is 0 Å². The lowest BCUT2D eigenvalue weighted by molar-refractivity contribution is -0.126. The molecule has 1 aromatic rings. The maximum absolute atomic E-state index is 12.9. The van der Waals surface area contributed by atoms with Crippen LogP contribution in [0.3, 0.4) is 0 Å². The molecule has 0 spiro atoms. The average Bonchev–Trinajstić information content (AvgIpc) is 2.67. The van der Waals surface area contributed by atoms with E-state index in [1.807, 2.05) is 0 Å². The summed E-state index contributed by atoms with van der Waals surface area (Å²) in [6, 6.07) is 6.02. The zero-order valence-corrected chi connectivity index (χ0v) is 16.0. The van der Waals surface area contributed by atoms with Gasteiger partial charge in [-0.05, 0) is 31.4 Å². The zero-order chi connectivity index (χ0) is 19.2. The minimum absolute atomic E-state index is 0.00883. The number of unbranched alkanes of at least 4 members (excludes halogenated alkanes) is 1. The molecule has 1 amide bonds. The number of carbonyl (C=O) groups excluding carboxylic acids is 2. The largest absolute Gasteiger partial charge is 0.465 e.